The first kappa shape index (κ1) is 19.0. The predicted octanol–water partition coefficient (Wildman–Crippen LogP) is 4.18. The normalized spacial score (nSPS) is 19.8. The topological polar surface area (TPSA) is 40.6 Å². The molecule has 0 spiro atoms. The average Bonchev–Trinajstić information content (AvgIpc) is 3.26. The van der Waals surface area contributed by atoms with Crippen LogP contribution in [0.5, 0.6) is 0 Å². The van der Waals surface area contributed by atoms with E-state index < -0.39 is 0 Å². The molecule has 0 N–H and O–H groups in total. The fraction of sp³-hybridized carbons (Fsp3) is 0.400. The quantitative estimate of drug-likeness (QED) is 0.745. The Bertz CT molecular complexity index is 776. The molecule has 1 aliphatic rings. The molecule has 2 amide bonds. The molecule has 0 bridgehead atoms. The summed E-state index contributed by atoms with van der Waals surface area (Å²) in [6.07, 6.45) is 0. The molecular formula is C20H24N2O2S2. The second-order valence-electron chi connectivity index (χ2n) is 6.44. The van der Waals surface area contributed by atoms with E-state index in [0.29, 0.717) is 19.6 Å². The zero-order valence-electron chi connectivity index (χ0n) is 15.3. The Labute approximate surface area is 163 Å². The van der Waals surface area contributed by atoms with Crippen LogP contribution < -0.4 is 0 Å². The molecule has 138 valence electrons. The van der Waals surface area contributed by atoms with Crippen LogP contribution in [0.25, 0.3) is 0 Å². The Balaban J connectivity index is 1.73. The number of hydrogen-bond acceptors (Lipinski definition) is 4. The molecule has 0 unspecified atom stereocenters. The van der Waals surface area contributed by atoms with Gasteiger partial charge in [0.25, 0.3) is 5.91 Å². The molecular weight excluding hydrogens is 364 g/mol. The van der Waals surface area contributed by atoms with E-state index in [4.69, 9.17) is 0 Å². The molecule has 0 saturated carbocycles. The van der Waals surface area contributed by atoms with Crippen LogP contribution in [0.2, 0.25) is 0 Å². The van der Waals surface area contributed by atoms with Gasteiger partial charge in [-0.3, -0.25) is 9.59 Å². The van der Waals surface area contributed by atoms with Gasteiger partial charge >= 0.3 is 0 Å². The van der Waals surface area contributed by atoms with Crippen LogP contribution in [-0.4, -0.2) is 46.5 Å². The van der Waals surface area contributed by atoms with Gasteiger partial charge < -0.3 is 9.80 Å². The minimum absolute atomic E-state index is 0.0212. The van der Waals surface area contributed by atoms with Gasteiger partial charge in [0.2, 0.25) is 5.91 Å². The van der Waals surface area contributed by atoms with E-state index >= 15 is 0 Å². The van der Waals surface area contributed by atoms with E-state index in [0.717, 1.165) is 10.4 Å². The molecule has 2 atom stereocenters. The Hall–Kier alpha value is -1.79. The van der Waals surface area contributed by atoms with Crippen LogP contribution in [0.1, 0.15) is 40.0 Å². The van der Waals surface area contributed by atoms with Gasteiger partial charge in [0.15, 0.2) is 0 Å². The summed E-state index contributed by atoms with van der Waals surface area (Å²) in [7, 11) is 0. The lowest BCUT2D eigenvalue weighted by Crippen LogP contribution is -2.40. The van der Waals surface area contributed by atoms with Crippen molar-refractivity contribution < 1.29 is 9.59 Å². The second kappa shape index (κ2) is 8.27. The zero-order chi connectivity index (χ0) is 18.7. The number of thioether (sulfide) groups is 1. The van der Waals surface area contributed by atoms with Crippen LogP contribution in [0.4, 0.5) is 0 Å². The van der Waals surface area contributed by atoms with Gasteiger partial charge in [0.1, 0.15) is 5.37 Å². The van der Waals surface area contributed by atoms with Crippen LogP contribution in [-0.2, 0) is 4.79 Å². The molecule has 1 saturated heterocycles. The average molecular weight is 389 g/mol. The van der Waals surface area contributed by atoms with Crippen LogP contribution in [0, 0.1) is 6.92 Å². The lowest BCUT2D eigenvalue weighted by molar-refractivity contribution is -0.130. The molecule has 0 radical (unpaired) electrons. The van der Waals surface area contributed by atoms with E-state index in [-0.39, 0.29) is 22.4 Å². The standard InChI is InChI=1S/C20H24N2O2S2/c1-4-21(19(24)17-9-6-12-25-17)10-11-22-18(23)15(3)26-20(22)16-8-5-7-14(2)13-16/h5-9,12-13,15,20H,4,10-11H2,1-3H3/t15-,20-/m1/s1. The SMILES string of the molecule is CCN(CCN1C(=O)[C@@H](C)S[C@@H]1c1cccc(C)c1)C(=O)c1cccs1. The van der Waals surface area contributed by atoms with Crippen molar-refractivity contribution in [1.82, 2.24) is 9.80 Å². The molecule has 26 heavy (non-hydrogen) atoms. The monoisotopic (exact) mass is 388 g/mol. The maximum absolute atomic E-state index is 12.7. The summed E-state index contributed by atoms with van der Waals surface area (Å²) in [6, 6.07) is 12.1. The highest BCUT2D eigenvalue weighted by Crippen LogP contribution is 2.42. The van der Waals surface area contributed by atoms with Crippen molar-refractivity contribution in [2.45, 2.75) is 31.4 Å². The number of likely N-dealkylation sites (N-methyl/N-ethyl adjacent to an activating group) is 1. The number of aryl methyl sites for hydroxylation is 1. The Morgan fingerprint density at radius 1 is 1.27 bits per heavy atom. The minimum atomic E-state index is -0.0522. The lowest BCUT2D eigenvalue weighted by atomic mass is 10.1. The third-order valence-corrected chi connectivity index (χ3v) is 6.84. The number of rotatable bonds is 6. The van der Waals surface area contributed by atoms with Crippen molar-refractivity contribution in [3.05, 3.63) is 57.8 Å². The predicted molar refractivity (Wildman–Crippen MR) is 109 cm³/mol. The van der Waals surface area contributed by atoms with Gasteiger partial charge in [-0.15, -0.1) is 23.1 Å². The molecule has 1 aliphatic heterocycles. The molecule has 1 aromatic carbocycles. The summed E-state index contributed by atoms with van der Waals surface area (Å²) >= 11 is 3.14. The van der Waals surface area contributed by atoms with Crippen LogP contribution >= 0.6 is 23.1 Å². The van der Waals surface area contributed by atoms with Gasteiger partial charge in [-0.25, -0.2) is 0 Å². The Kier molecular flexibility index (Phi) is 6.04. The van der Waals surface area contributed by atoms with Gasteiger partial charge in [-0.2, -0.15) is 0 Å². The third kappa shape index (κ3) is 3.96. The summed E-state index contributed by atoms with van der Waals surface area (Å²) in [6.45, 7) is 7.75. The molecule has 4 nitrogen and oxygen atoms in total. The Morgan fingerprint density at radius 2 is 2.08 bits per heavy atom. The molecule has 2 aromatic rings. The van der Waals surface area contributed by atoms with Crippen molar-refractivity contribution in [2.75, 3.05) is 19.6 Å². The molecule has 1 fully saturated rings. The molecule has 1 aromatic heterocycles. The smallest absolute Gasteiger partial charge is 0.263 e. The highest BCUT2D eigenvalue weighted by Gasteiger charge is 2.38. The van der Waals surface area contributed by atoms with Crippen LogP contribution in [0.15, 0.2) is 41.8 Å². The zero-order valence-corrected chi connectivity index (χ0v) is 17.0. The van der Waals surface area contributed by atoms with E-state index in [1.54, 1.807) is 11.8 Å². The van der Waals surface area contributed by atoms with Crippen molar-refractivity contribution in [1.29, 1.82) is 0 Å². The van der Waals surface area contributed by atoms with Crippen molar-refractivity contribution >= 4 is 34.9 Å². The summed E-state index contributed by atoms with van der Waals surface area (Å²) in [5.41, 5.74) is 2.35. The third-order valence-electron chi connectivity index (χ3n) is 4.59. The number of benzene rings is 1. The maximum Gasteiger partial charge on any atom is 0.263 e. The van der Waals surface area contributed by atoms with Crippen molar-refractivity contribution in [3.63, 3.8) is 0 Å². The first-order valence-electron chi connectivity index (χ1n) is 8.86. The summed E-state index contributed by atoms with van der Waals surface area (Å²) < 4.78 is 0. The number of amides is 2. The summed E-state index contributed by atoms with van der Waals surface area (Å²) in [5, 5.41) is 1.88. The second-order valence-corrected chi connectivity index (χ2v) is 8.81. The highest BCUT2D eigenvalue weighted by molar-refractivity contribution is 8.01. The largest absolute Gasteiger partial charge is 0.336 e. The fourth-order valence-electron chi connectivity index (χ4n) is 3.17. The highest BCUT2D eigenvalue weighted by atomic mass is 32.2. The van der Waals surface area contributed by atoms with Crippen molar-refractivity contribution in [2.24, 2.45) is 0 Å². The maximum atomic E-state index is 12.7. The molecule has 6 heteroatoms. The van der Waals surface area contributed by atoms with E-state index in [1.807, 2.05) is 47.2 Å². The lowest BCUT2D eigenvalue weighted by Gasteiger charge is -2.28. The molecule has 0 aliphatic carbocycles. The number of nitrogens with zero attached hydrogens (tertiary/aromatic N) is 2. The number of thiophene rings is 1. The summed E-state index contributed by atoms with van der Waals surface area (Å²) in [4.78, 5) is 29.8. The van der Waals surface area contributed by atoms with Crippen molar-refractivity contribution in [3.8, 4) is 0 Å². The van der Waals surface area contributed by atoms with Gasteiger partial charge in [-0.1, -0.05) is 35.9 Å². The number of carbonyl (C=O) groups is 2. The van der Waals surface area contributed by atoms with E-state index in [9.17, 15) is 9.59 Å². The molecule has 2 heterocycles. The van der Waals surface area contributed by atoms with Gasteiger partial charge in [0.05, 0.1) is 10.1 Å². The van der Waals surface area contributed by atoms with E-state index in [1.165, 1.54) is 16.9 Å². The van der Waals surface area contributed by atoms with Crippen LogP contribution in [0.3, 0.4) is 0 Å². The fourth-order valence-corrected chi connectivity index (χ4v) is 5.16. The molecule has 3 rings (SSSR count). The summed E-state index contributed by atoms with van der Waals surface area (Å²) in [5.74, 6) is 0.197. The van der Waals surface area contributed by atoms with E-state index in [2.05, 4.69) is 25.1 Å². The Morgan fingerprint density at radius 3 is 2.73 bits per heavy atom. The number of hydrogen-bond donors (Lipinski definition) is 0. The minimum Gasteiger partial charge on any atom is -0.336 e. The first-order chi connectivity index (χ1) is 12.5. The van der Waals surface area contributed by atoms with Gasteiger partial charge in [-0.05, 0) is 37.8 Å². The number of carbonyl (C=O) groups excluding carboxylic acids is 2. The first-order valence-corrected chi connectivity index (χ1v) is 10.7. The van der Waals surface area contributed by atoms with Gasteiger partial charge in [0, 0.05) is 19.6 Å².